The number of ether oxygens (including phenoxy) is 1. The minimum absolute atomic E-state index is 0.0311. The molecule has 10 nitrogen and oxygen atoms in total. The molecule has 3 rings (SSSR count). The van der Waals surface area contributed by atoms with Gasteiger partial charge >= 0.3 is 5.97 Å². The molecule has 168 valence electrons. The van der Waals surface area contributed by atoms with Crippen molar-refractivity contribution in [3.8, 4) is 6.07 Å². The number of sulfonamides is 1. The van der Waals surface area contributed by atoms with E-state index in [1.54, 1.807) is 25.1 Å². The predicted molar refractivity (Wildman–Crippen MR) is 114 cm³/mol. The second-order valence-electron chi connectivity index (χ2n) is 6.74. The number of halogens is 1. The third kappa shape index (κ3) is 4.33. The second kappa shape index (κ2) is 9.25. The Balaban J connectivity index is 2.20. The molecule has 1 unspecified atom stereocenters. The van der Waals surface area contributed by atoms with Gasteiger partial charge < -0.3 is 9.72 Å². The third-order valence-corrected chi connectivity index (χ3v) is 7.75. The van der Waals surface area contributed by atoms with E-state index in [1.807, 2.05) is 0 Å². The molecule has 0 spiro atoms. The van der Waals surface area contributed by atoms with Gasteiger partial charge in [0, 0.05) is 12.7 Å². The molecule has 1 aliphatic heterocycles. The monoisotopic (exact) mass is 496 g/mol. The highest BCUT2D eigenvalue weighted by Gasteiger charge is 2.34. The van der Waals surface area contributed by atoms with Gasteiger partial charge in [-0.2, -0.15) is 18.0 Å². The number of H-pyrrole nitrogens is 1. The summed E-state index contributed by atoms with van der Waals surface area (Å²) in [6.45, 7) is 0.881. The predicted octanol–water partition coefficient (Wildman–Crippen LogP) is -0.0724. The molecule has 0 amide bonds. The zero-order valence-electron chi connectivity index (χ0n) is 16.9. The first-order chi connectivity index (χ1) is 15.1. The fourth-order valence-electron chi connectivity index (χ4n) is 3.26. The van der Waals surface area contributed by atoms with Crippen LogP contribution in [0.2, 0.25) is 5.02 Å². The van der Waals surface area contributed by atoms with Gasteiger partial charge in [-0.25, -0.2) is 13.2 Å². The molecule has 1 aromatic carbocycles. The van der Waals surface area contributed by atoms with Gasteiger partial charge in [0.15, 0.2) is 0 Å². The number of carbonyl (C=O) groups is 1. The number of aromatic amines is 1. The number of hydrogen-bond acceptors (Lipinski definition) is 8. The normalized spacial score (nSPS) is 15.1. The van der Waals surface area contributed by atoms with Crippen LogP contribution in [-0.2, 0) is 29.8 Å². The van der Waals surface area contributed by atoms with Crippen molar-refractivity contribution in [2.75, 3.05) is 20.2 Å². The van der Waals surface area contributed by atoms with Crippen molar-refractivity contribution < 1.29 is 26.4 Å². The maximum atomic E-state index is 13.1. The molecule has 0 aliphatic carbocycles. The fraction of sp³-hybridized carbons (Fsp3) is 0.263. The summed E-state index contributed by atoms with van der Waals surface area (Å²) in [6.07, 6.45) is 1.20. The van der Waals surface area contributed by atoms with Crippen LogP contribution in [0.4, 0.5) is 0 Å². The largest absolute Gasteiger partial charge is 0.466 e. The summed E-state index contributed by atoms with van der Waals surface area (Å²) in [5, 5.41) is 8.96. The summed E-state index contributed by atoms with van der Waals surface area (Å²) in [7, 11) is -5.83. The Labute approximate surface area is 189 Å². The molecule has 0 radical (unpaired) electrons. The topological polar surface area (TPSA) is 150 Å². The maximum absolute atomic E-state index is 13.1. The highest BCUT2D eigenvalue weighted by atomic mass is 35.5. The Morgan fingerprint density at radius 1 is 1.34 bits per heavy atom. The van der Waals surface area contributed by atoms with Crippen molar-refractivity contribution in [3.05, 3.63) is 56.3 Å². The van der Waals surface area contributed by atoms with E-state index in [4.69, 9.17) is 16.3 Å². The van der Waals surface area contributed by atoms with Crippen molar-refractivity contribution in [1.82, 2.24) is 9.29 Å². The van der Waals surface area contributed by atoms with Crippen LogP contribution in [0.1, 0.15) is 5.56 Å². The molecule has 1 aromatic heterocycles. The Morgan fingerprint density at radius 2 is 2.00 bits per heavy atom. The van der Waals surface area contributed by atoms with Gasteiger partial charge in [0.1, 0.15) is 16.5 Å². The molecular formula is C19H17ClN4O6S2. The lowest BCUT2D eigenvalue weighted by atomic mass is 10.1. The highest BCUT2D eigenvalue weighted by Crippen LogP contribution is 2.21. The Bertz CT molecular complexity index is 1530. The first kappa shape index (κ1) is 23.7. The van der Waals surface area contributed by atoms with E-state index in [2.05, 4.69) is 9.98 Å². The number of aryl methyl sites for hydroxylation is 1. The van der Waals surface area contributed by atoms with Crippen LogP contribution in [0.25, 0.3) is 5.57 Å². The lowest BCUT2D eigenvalue weighted by Gasteiger charge is -2.22. The number of aromatic nitrogens is 1. The van der Waals surface area contributed by atoms with Gasteiger partial charge in [0.05, 0.1) is 39.9 Å². The number of rotatable bonds is 6. The minimum Gasteiger partial charge on any atom is -0.466 e. The summed E-state index contributed by atoms with van der Waals surface area (Å²) >= 11 is 6.00. The molecule has 0 bridgehead atoms. The molecule has 1 aliphatic rings. The number of carbonyl (C=O) groups excluding carboxylic acids is 1. The second-order valence-corrected chi connectivity index (χ2v) is 9.97. The van der Waals surface area contributed by atoms with E-state index in [1.165, 1.54) is 18.3 Å². The van der Waals surface area contributed by atoms with E-state index in [-0.39, 0.29) is 30.7 Å². The number of nitrogens with zero attached hydrogens (tertiary/aromatic N) is 3. The minimum atomic E-state index is -4.12. The molecule has 2 heterocycles. The fourth-order valence-corrected chi connectivity index (χ4v) is 5.53. The standard InChI is InChI=1S/C19H17ClN4O6S2/c1-11-3-5-12(6-4-11)32(28,29)24(8-7-21)10-14-15(19(25)30-2)16-17(31(26)27)13(20)9-22-18(16)23-14/h3-6,9,14H,8,10H2,1-2H3,(H,22,23). The van der Waals surface area contributed by atoms with Gasteiger partial charge in [-0.15, -0.1) is 0 Å². The maximum Gasteiger partial charge on any atom is 0.336 e. The van der Waals surface area contributed by atoms with Crippen molar-refractivity contribution in [2.45, 2.75) is 17.9 Å². The molecule has 0 saturated heterocycles. The Kier molecular flexibility index (Phi) is 6.85. The summed E-state index contributed by atoms with van der Waals surface area (Å²) in [6, 6.07) is 6.72. The van der Waals surface area contributed by atoms with Gasteiger partial charge in [-0.1, -0.05) is 29.3 Å². The van der Waals surface area contributed by atoms with Crippen molar-refractivity contribution >= 4 is 43.5 Å². The van der Waals surface area contributed by atoms with Crippen molar-refractivity contribution in [3.63, 3.8) is 0 Å². The molecule has 32 heavy (non-hydrogen) atoms. The lowest BCUT2D eigenvalue weighted by molar-refractivity contribution is -0.134. The zero-order chi connectivity index (χ0) is 23.6. The zero-order valence-corrected chi connectivity index (χ0v) is 19.3. The van der Waals surface area contributed by atoms with Gasteiger partial charge in [-0.3, -0.25) is 4.99 Å². The lowest BCUT2D eigenvalue weighted by Crippen LogP contribution is -2.39. The van der Waals surface area contributed by atoms with Crippen LogP contribution < -0.4 is 10.7 Å². The number of nitriles is 1. The summed E-state index contributed by atoms with van der Waals surface area (Å²) in [5.41, 5.74) is 0.704. The van der Waals surface area contributed by atoms with Crippen molar-refractivity contribution in [1.29, 1.82) is 5.26 Å². The summed E-state index contributed by atoms with van der Waals surface area (Å²) in [5.74, 6) is -0.899. The molecular weight excluding hydrogens is 480 g/mol. The molecule has 2 aromatic rings. The van der Waals surface area contributed by atoms with E-state index in [9.17, 15) is 26.9 Å². The quantitative estimate of drug-likeness (QED) is 0.334. The van der Waals surface area contributed by atoms with Crippen LogP contribution in [0.3, 0.4) is 0 Å². The number of nitrogens with one attached hydrogen (secondary N) is 1. The van der Waals surface area contributed by atoms with Crippen LogP contribution >= 0.6 is 11.6 Å². The first-order valence-electron chi connectivity index (χ1n) is 9.05. The number of hydrogen-bond donors (Lipinski definition) is 1. The average molecular weight is 497 g/mol. The molecule has 0 fully saturated rings. The Morgan fingerprint density at radius 3 is 2.56 bits per heavy atom. The van der Waals surface area contributed by atoms with Gasteiger partial charge in [0.25, 0.3) is 0 Å². The van der Waals surface area contributed by atoms with E-state index in [0.717, 1.165) is 17.0 Å². The van der Waals surface area contributed by atoms with E-state index < -0.39 is 45.4 Å². The highest BCUT2D eigenvalue weighted by molar-refractivity contribution is 7.89. The first-order valence-corrected chi connectivity index (χ1v) is 11.9. The number of benzene rings is 1. The van der Waals surface area contributed by atoms with Gasteiger partial charge in [-0.05, 0) is 19.1 Å². The van der Waals surface area contributed by atoms with E-state index in [0.29, 0.717) is 0 Å². The molecule has 1 atom stereocenters. The summed E-state index contributed by atoms with van der Waals surface area (Å²) in [4.78, 5) is 19.5. The van der Waals surface area contributed by atoms with Crippen LogP contribution in [0.15, 0.2) is 40.4 Å². The number of pyridine rings is 1. The van der Waals surface area contributed by atoms with Crippen molar-refractivity contribution in [2.24, 2.45) is 4.99 Å². The van der Waals surface area contributed by atoms with Gasteiger partial charge in [0.2, 0.25) is 20.3 Å². The molecule has 13 heteroatoms. The number of esters is 1. The molecule has 1 N–H and O–H groups in total. The van der Waals surface area contributed by atoms with Crippen LogP contribution in [0.5, 0.6) is 0 Å². The molecule has 0 saturated carbocycles. The number of fused-ring (bicyclic) bond motifs is 1. The van der Waals surface area contributed by atoms with Crippen LogP contribution in [-0.4, -0.2) is 58.3 Å². The summed E-state index contributed by atoms with van der Waals surface area (Å²) < 4.78 is 55.2. The SMILES string of the molecule is COC(=O)C1=c2c([nH]cc(Cl)c2=S(=O)=O)=NC1CN(CC#N)S(=O)(=O)c1ccc(C)cc1. The number of methoxy groups -OCH3 is 1. The van der Waals surface area contributed by atoms with Crippen LogP contribution in [0, 0.1) is 22.8 Å². The van der Waals surface area contributed by atoms with E-state index >= 15 is 0 Å². The Hall–Kier alpha value is -2.98. The smallest absolute Gasteiger partial charge is 0.336 e. The average Bonchev–Trinajstić information content (AvgIpc) is 3.10. The third-order valence-electron chi connectivity index (χ3n) is 4.76.